The Balaban J connectivity index is 1.79. The van der Waals surface area contributed by atoms with E-state index >= 15 is 0 Å². The molecule has 1 N–H and O–H groups in total. The third-order valence-corrected chi connectivity index (χ3v) is 4.60. The summed E-state index contributed by atoms with van der Waals surface area (Å²) in [5, 5.41) is 3.62. The lowest BCUT2D eigenvalue weighted by molar-refractivity contribution is 0.417. The standard InChI is InChI=1S/C18H19BrFN/c1-12(16-10-9-15(19)11-17(16)20)21-18(14-7-8-14)13-5-3-2-4-6-13/h2-6,9-12,14,18,21H,7-8H2,1H3. The summed E-state index contributed by atoms with van der Waals surface area (Å²) in [6, 6.07) is 16.0. The van der Waals surface area contributed by atoms with Crippen molar-refractivity contribution in [1.82, 2.24) is 5.32 Å². The predicted octanol–water partition coefficient (Wildman–Crippen LogP) is 5.39. The van der Waals surface area contributed by atoms with Crippen molar-refractivity contribution in [2.45, 2.75) is 31.8 Å². The molecule has 3 heteroatoms. The molecule has 21 heavy (non-hydrogen) atoms. The van der Waals surface area contributed by atoms with Crippen LogP contribution in [0.4, 0.5) is 4.39 Å². The van der Waals surface area contributed by atoms with Crippen LogP contribution in [0.2, 0.25) is 0 Å². The summed E-state index contributed by atoms with van der Waals surface area (Å²) < 4.78 is 14.9. The van der Waals surface area contributed by atoms with Crippen LogP contribution in [0, 0.1) is 11.7 Å². The van der Waals surface area contributed by atoms with Gasteiger partial charge in [-0.1, -0.05) is 52.3 Å². The number of nitrogens with one attached hydrogen (secondary N) is 1. The summed E-state index contributed by atoms with van der Waals surface area (Å²) in [6.45, 7) is 2.03. The van der Waals surface area contributed by atoms with Gasteiger partial charge in [-0.05, 0) is 43.4 Å². The first-order valence-corrected chi connectivity index (χ1v) is 8.20. The van der Waals surface area contributed by atoms with Gasteiger partial charge < -0.3 is 5.32 Å². The molecule has 2 atom stereocenters. The molecule has 0 radical (unpaired) electrons. The molecule has 110 valence electrons. The van der Waals surface area contributed by atoms with Crippen molar-refractivity contribution in [2.24, 2.45) is 5.92 Å². The normalized spacial score (nSPS) is 17.5. The molecule has 1 nitrogen and oxygen atoms in total. The van der Waals surface area contributed by atoms with Crippen LogP contribution in [0.25, 0.3) is 0 Å². The van der Waals surface area contributed by atoms with Gasteiger partial charge >= 0.3 is 0 Å². The molecule has 1 aliphatic carbocycles. The van der Waals surface area contributed by atoms with Crippen LogP contribution in [0.5, 0.6) is 0 Å². The van der Waals surface area contributed by atoms with Crippen molar-refractivity contribution in [3.8, 4) is 0 Å². The first-order valence-electron chi connectivity index (χ1n) is 7.41. The fraction of sp³-hybridized carbons (Fsp3) is 0.333. The summed E-state index contributed by atoms with van der Waals surface area (Å²) in [5.41, 5.74) is 2.02. The Morgan fingerprint density at radius 3 is 2.48 bits per heavy atom. The van der Waals surface area contributed by atoms with Crippen LogP contribution >= 0.6 is 15.9 Å². The quantitative estimate of drug-likeness (QED) is 0.764. The second-order valence-electron chi connectivity index (χ2n) is 5.78. The maximum absolute atomic E-state index is 14.1. The van der Waals surface area contributed by atoms with Crippen LogP contribution < -0.4 is 5.32 Å². The van der Waals surface area contributed by atoms with Crippen molar-refractivity contribution < 1.29 is 4.39 Å². The first kappa shape index (κ1) is 14.7. The van der Waals surface area contributed by atoms with Gasteiger partial charge in [0.1, 0.15) is 5.82 Å². The molecule has 0 bridgehead atoms. The fourth-order valence-electron chi connectivity index (χ4n) is 2.81. The molecule has 2 aromatic rings. The smallest absolute Gasteiger partial charge is 0.129 e. The number of benzene rings is 2. The number of hydrogen-bond acceptors (Lipinski definition) is 1. The second kappa shape index (κ2) is 6.29. The van der Waals surface area contributed by atoms with Crippen LogP contribution in [0.15, 0.2) is 53.0 Å². The lowest BCUT2D eigenvalue weighted by Crippen LogP contribution is -2.26. The third kappa shape index (κ3) is 3.53. The molecule has 0 amide bonds. The molecule has 1 fully saturated rings. The van der Waals surface area contributed by atoms with E-state index in [1.54, 1.807) is 0 Å². The Bertz CT molecular complexity index is 610. The summed E-state index contributed by atoms with van der Waals surface area (Å²) >= 11 is 3.31. The average molecular weight is 348 g/mol. The van der Waals surface area contributed by atoms with E-state index < -0.39 is 0 Å². The summed E-state index contributed by atoms with van der Waals surface area (Å²) in [4.78, 5) is 0. The van der Waals surface area contributed by atoms with Gasteiger partial charge in [0.25, 0.3) is 0 Å². The molecular formula is C18H19BrFN. The van der Waals surface area contributed by atoms with E-state index in [2.05, 4.69) is 45.5 Å². The molecule has 1 saturated carbocycles. The Hall–Kier alpha value is -1.19. The SMILES string of the molecule is CC(NC(c1ccccc1)C1CC1)c1ccc(Br)cc1F. The minimum absolute atomic E-state index is 0.0103. The van der Waals surface area contributed by atoms with Crippen LogP contribution in [0.3, 0.4) is 0 Å². The van der Waals surface area contributed by atoms with Crippen molar-refractivity contribution >= 4 is 15.9 Å². The van der Waals surface area contributed by atoms with Crippen molar-refractivity contribution in [1.29, 1.82) is 0 Å². The summed E-state index contributed by atoms with van der Waals surface area (Å²) in [5.74, 6) is 0.514. The van der Waals surface area contributed by atoms with Gasteiger partial charge in [0.15, 0.2) is 0 Å². The molecule has 0 saturated heterocycles. The Kier molecular flexibility index (Phi) is 4.41. The Morgan fingerprint density at radius 2 is 1.86 bits per heavy atom. The number of rotatable bonds is 5. The molecule has 0 aromatic heterocycles. The van der Waals surface area contributed by atoms with Gasteiger partial charge in [-0.3, -0.25) is 0 Å². The molecule has 0 aliphatic heterocycles. The van der Waals surface area contributed by atoms with E-state index in [0.717, 1.165) is 10.0 Å². The zero-order valence-electron chi connectivity index (χ0n) is 12.0. The highest BCUT2D eigenvalue weighted by atomic mass is 79.9. The van der Waals surface area contributed by atoms with Gasteiger partial charge in [-0.15, -0.1) is 0 Å². The topological polar surface area (TPSA) is 12.0 Å². The minimum Gasteiger partial charge on any atom is -0.303 e. The number of hydrogen-bond donors (Lipinski definition) is 1. The molecular weight excluding hydrogens is 329 g/mol. The summed E-state index contributed by atoms with van der Waals surface area (Å²) in [6.07, 6.45) is 2.50. The monoisotopic (exact) mass is 347 g/mol. The molecule has 0 heterocycles. The lowest BCUT2D eigenvalue weighted by Gasteiger charge is -2.24. The van der Waals surface area contributed by atoms with Crippen LogP contribution in [0.1, 0.15) is 43.0 Å². The molecule has 3 rings (SSSR count). The highest BCUT2D eigenvalue weighted by Gasteiger charge is 2.33. The first-order chi connectivity index (χ1) is 10.1. The predicted molar refractivity (Wildman–Crippen MR) is 87.6 cm³/mol. The lowest BCUT2D eigenvalue weighted by atomic mass is 9.99. The van der Waals surface area contributed by atoms with Crippen molar-refractivity contribution in [3.05, 3.63) is 69.9 Å². The van der Waals surface area contributed by atoms with E-state index in [1.807, 2.05) is 25.1 Å². The van der Waals surface area contributed by atoms with Crippen LogP contribution in [-0.4, -0.2) is 0 Å². The molecule has 2 aromatic carbocycles. The Labute approximate surface area is 133 Å². The highest BCUT2D eigenvalue weighted by molar-refractivity contribution is 9.10. The summed E-state index contributed by atoms with van der Waals surface area (Å²) in [7, 11) is 0. The van der Waals surface area contributed by atoms with E-state index in [-0.39, 0.29) is 11.9 Å². The zero-order valence-corrected chi connectivity index (χ0v) is 13.6. The van der Waals surface area contributed by atoms with Gasteiger partial charge in [0.2, 0.25) is 0 Å². The third-order valence-electron chi connectivity index (χ3n) is 4.11. The van der Waals surface area contributed by atoms with E-state index in [9.17, 15) is 4.39 Å². The van der Waals surface area contributed by atoms with E-state index in [1.165, 1.54) is 24.5 Å². The van der Waals surface area contributed by atoms with Crippen LogP contribution in [-0.2, 0) is 0 Å². The van der Waals surface area contributed by atoms with Gasteiger partial charge in [-0.2, -0.15) is 0 Å². The molecule has 1 aliphatic rings. The van der Waals surface area contributed by atoms with Gasteiger partial charge in [-0.25, -0.2) is 4.39 Å². The minimum atomic E-state index is -0.160. The van der Waals surface area contributed by atoms with Gasteiger partial charge in [0, 0.05) is 22.1 Å². The molecule has 2 unspecified atom stereocenters. The maximum atomic E-state index is 14.1. The average Bonchev–Trinajstić information content (AvgIpc) is 3.30. The van der Waals surface area contributed by atoms with Gasteiger partial charge in [0.05, 0.1) is 0 Å². The fourth-order valence-corrected chi connectivity index (χ4v) is 3.14. The van der Waals surface area contributed by atoms with Crippen molar-refractivity contribution in [2.75, 3.05) is 0 Å². The Morgan fingerprint density at radius 1 is 1.14 bits per heavy atom. The number of halogens is 2. The second-order valence-corrected chi connectivity index (χ2v) is 6.70. The van der Waals surface area contributed by atoms with Crippen molar-refractivity contribution in [3.63, 3.8) is 0 Å². The molecule has 0 spiro atoms. The van der Waals surface area contributed by atoms with E-state index in [0.29, 0.717) is 12.0 Å². The largest absolute Gasteiger partial charge is 0.303 e. The highest BCUT2D eigenvalue weighted by Crippen LogP contribution is 2.42. The van der Waals surface area contributed by atoms with E-state index in [4.69, 9.17) is 0 Å². The maximum Gasteiger partial charge on any atom is 0.129 e. The zero-order chi connectivity index (χ0) is 14.8.